The quantitative estimate of drug-likeness (QED) is 0.899. The lowest BCUT2D eigenvalue weighted by molar-refractivity contribution is 0.00401. The summed E-state index contributed by atoms with van der Waals surface area (Å²) in [4.78, 5) is 12.1. The number of rotatable bonds is 4. The first-order valence-corrected chi connectivity index (χ1v) is 8.39. The first-order valence-electron chi connectivity index (χ1n) is 8.39. The van der Waals surface area contributed by atoms with Crippen LogP contribution in [-0.4, -0.2) is 28.5 Å². The van der Waals surface area contributed by atoms with Crippen LogP contribution in [0.15, 0.2) is 30.6 Å². The van der Waals surface area contributed by atoms with Gasteiger partial charge in [-0.05, 0) is 56.4 Å². The van der Waals surface area contributed by atoms with Gasteiger partial charge in [-0.15, -0.1) is 0 Å². The summed E-state index contributed by atoms with van der Waals surface area (Å²) in [7, 11) is 0. The lowest BCUT2D eigenvalue weighted by Gasteiger charge is -2.22. The van der Waals surface area contributed by atoms with Crippen LogP contribution in [0.2, 0.25) is 0 Å². The molecular weight excluding hydrogens is 304 g/mol. The molecule has 6 heteroatoms. The average molecular weight is 328 g/mol. The highest BCUT2D eigenvalue weighted by molar-refractivity contribution is 5.99. The number of aryl methyl sites for hydroxylation is 2. The lowest BCUT2D eigenvalue weighted by atomic mass is 10.1. The molecule has 0 saturated carbocycles. The number of anilines is 2. The third-order valence-electron chi connectivity index (χ3n) is 4.32. The topological polar surface area (TPSA) is 68.2 Å². The highest BCUT2D eigenvalue weighted by atomic mass is 16.5. The molecule has 1 atom stereocenters. The Labute approximate surface area is 142 Å². The number of nitrogens with zero attached hydrogens (tertiary/aromatic N) is 2. The minimum atomic E-state index is -0.272. The van der Waals surface area contributed by atoms with Crippen LogP contribution in [-0.2, 0) is 11.3 Å². The smallest absolute Gasteiger partial charge is 0.323 e. The molecule has 2 amide bonds. The maximum Gasteiger partial charge on any atom is 0.323 e. The summed E-state index contributed by atoms with van der Waals surface area (Å²) in [6.45, 7) is 5.62. The molecule has 1 fully saturated rings. The van der Waals surface area contributed by atoms with Crippen molar-refractivity contribution in [3.05, 3.63) is 41.7 Å². The number of amides is 2. The van der Waals surface area contributed by atoms with E-state index in [1.54, 1.807) is 6.20 Å². The Hall–Kier alpha value is -2.34. The zero-order chi connectivity index (χ0) is 16.9. The van der Waals surface area contributed by atoms with Crippen LogP contribution in [0.4, 0.5) is 16.2 Å². The molecule has 2 N–H and O–H groups in total. The van der Waals surface area contributed by atoms with E-state index in [0.717, 1.165) is 37.2 Å². The molecule has 0 unspecified atom stereocenters. The van der Waals surface area contributed by atoms with E-state index in [1.165, 1.54) is 12.0 Å². The molecule has 3 rings (SSSR count). The van der Waals surface area contributed by atoms with Gasteiger partial charge in [0.2, 0.25) is 0 Å². The van der Waals surface area contributed by atoms with Crippen LogP contribution < -0.4 is 10.6 Å². The van der Waals surface area contributed by atoms with Crippen molar-refractivity contribution in [1.29, 1.82) is 0 Å². The minimum absolute atomic E-state index is 0.218. The molecule has 2 aromatic rings. The summed E-state index contributed by atoms with van der Waals surface area (Å²) >= 11 is 0. The predicted octanol–water partition coefficient (Wildman–Crippen LogP) is 3.71. The van der Waals surface area contributed by atoms with Crippen molar-refractivity contribution >= 4 is 17.4 Å². The van der Waals surface area contributed by atoms with E-state index in [-0.39, 0.29) is 12.1 Å². The fraction of sp³-hybridized carbons (Fsp3) is 0.444. The Morgan fingerprint density at radius 1 is 1.25 bits per heavy atom. The fourth-order valence-electron chi connectivity index (χ4n) is 2.80. The van der Waals surface area contributed by atoms with Gasteiger partial charge < -0.3 is 15.4 Å². The first kappa shape index (κ1) is 16.5. The van der Waals surface area contributed by atoms with Gasteiger partial charge >= 0.3 is 6.03 Å². The van der Waals surface area contributed by atoms with Gasteiger partial charge in [0.05, 0.1) is 24.5 Å². The van der Waals surface area contributed by atoms with E-state index in [1.807, 2.05) is 42.9 Å². The monoisotopic (exact) mass is 328 g/mol. The number of hydrogen-bond donors (Lipinski definition) is 2. The van der Waals surface area contributed by atoms with Crippen molar-refractivity contribution in [1.82, 2.24) is 9.78 Å². The number of carbonyl (C=O) groups is 1. The van der Waals surface area contributed by atoms with Gasteiger partial charge in [-0.25, -0.2) is 4.79 Å². The van der Waals surface area contributed by atoms with Crippen molar-refractivity contribution in [2.24, 2.45) is 0 Å². The molecule has 6 nitrogen and oxygen atoms in total. The maximum absolute atomic E-state index is 12.1. The third-order valence-corrected chi connectivity index (χ3v) is 4.32. The van der Waals surface area contributed by atoms with Crippen molar-refractivity contribution in [2.45, 2.75) is 45.8 Å². The molecule has 1 aromatic carbocycles. The van der Waals surface area contributed by atoms with Crippen molar-refractivity contribution in [2.75, 3.05) is 17.2 Å². The van der Waals surface area contributed by atoms with Crippen LogP contribution in [0.5, 0.6) is 0 Å². The van der Waals surface area contributed by atoms with Crippen LogP contribution in [0.3, 0.4) is 0 Å². The average Bonchev–Trinajstić information content (AvgIpc) is 2.99. The van der Waals surface area contributed by atoms with E-state index < -0.39 is 0 Å². The normalized spacial score (nSPS) is 17.5. The van der Waals surface area contributed by atoms with Gasteiger partial charge in [0.25, 0.3) is 0 Å². The second kappa shape index (κ2) is 7.49. The highest BCUT2D eigenvalue weighted by Gasteiger charge is 2.15. The third kappa shape index (κ3) is 4.35. The molecule has 0 aliphatic carbocycles. The van der Waals surface area contributed by atoms with E-state index in [4.69, 9.17) is 4.74 Å². The largest absolute Gasteiger partial charge is 0.376 e. The molecular formula is C18H24N4O2. The van der Waals surface area contributed by atoms with Crippen LogP contribution in [0.1, 0.15) is 30.4 Å². The van der Waals surface area contributed by atoms with Gasteiger partial charge in [0.1, 0.15) is 0 Å². The Morgan fingerprint density at radius 3 is 2.83 bits per heavy atom. The summed E-state index contributed by atoms with van der Waals surface area (Å²) in [5.74, 6) is 0. The van der Waals surface area contributed by atoms with Gasteiger partial charge in [-0.3, -0.25) is 4.68 Å². The number of urea groups is 1. The summed E-state index contributed by atoms with van der Waals surface area (Å²) < 4.78 is 7.53. The van der Waals surface area contributed by atoms with E-state index in [9.17, 15) is 4.79 Å². The SMILES string of the molecule is Cc1ccc(NC(=O)Nc2cnn(C[C@@H]3CCCCO3)c2)cc1C. The zero-order valence-corrected chi connectivity index (χ0v) is 14.2. The van der Waals surface area contributed by atoms with Crippen molar-refractivity contribution < 1.29 is 9.53 Å². The Balaban J connectivity index is 1.53. The molecule has 1 aliphatic heterocycles. The van der Waals surface area contributed by atoms with E-state index in [0.29, 0.717) is 5.69 Å². The first-order chi connectivity index (χ1) is 11.6. The van der Waals surface area contributed by atoms with Crippen LogP contribution in [0, 0.1) is 13.8 Å². The van der Waals surface area contributed by atoms with Crippen molar-refractivity contribution in [3.8, 4) is 0 Å². The second-order valence-corrected chi connectivity index (χ2v) is 6.32. The Bertz CT molecular complexity index is 705. The molecule has 0 radical (unpaired) electrons. The Kier molecular flexibility index (Phi) is 5.15. The van der Waals surface area contributed by atoms with Crippen LogP contribution >= 0.6 is 0 Å². The molecule has 0 spiro atoms. The summed E-state index contributed by atoms with van der Waals surface area (Å²) in [5, 5.41) is 9.94. The lowest BCUT2D eigenvalue weighted by Crippen LogP contribution is -2.24. The standard InChI is InChI=1S/C18H24N4O2/c1-13-6-7-15(9-14(13)2)20-18(23)21-16-10-19-22(11-16)12-17-5-3-4-8-24-17/h6-7,9-11,17H,3-5,8,12H2,1-2H3,(H2,20,21,23)/t17-/m0/s1. The number of benzene rings is 1. The molecule has 2 heterocycles. The second-order valence-electron chi connectivity index (χ2n) is 6.32. The summed E-state index contributed by atoms with van der Waals surface area (Å²) in [6.07, 6.45) is 7.11. The molecule has 24 heavy (non-hydrogen) atoms. The molecule has 128 valence electrons. The van der Waals surface area contributed by atoms with Crippen molar-refractivity contribution in [3.63, 3.8) is 0 Å². The summed E-state index contributed by atoms with van der Waals surface area (Å²) in [6, 6.07) is 5.57. The van der Waals surface area contributed by atoms with E-state index in [2.05, 4.69) is 15.7 Å². The summed E-state index contributed by atoms with van der Waals surface area (Å²) in [5.41, 5.74) is 3.80. The molecule has 1 aromatic heterocycles. The highest BCUT2D eigenvalue weighted by Crippen LogP contribution is 2.16. The molecule has 1 aliphatic rings. The number of ether oxygens (including phenoxy) is 1. The van der Waals surface area contributed by atoms with Gasteiger partial charge in [-0.2, -0.15) is 5.10 Å². The number of aromatic nitrogens is 2. The van der Waals surface area contributed by atoms with Gasteiger partial charge in [-0.1, -0.05) is 6.07 Å². The van der Waals surface area contributed by atoms with Crippen LogP contribution in [0.25, 0.3) is 0 Å². The van der Waals surface area contributed by atoms with Gasteiger partial charge in [0, 0.05) is 18.5 Å². The van der Waals surface area contributed by atoms with Gasteiger partial charge in [0.15, 0.2) is 0 Å². The number of carbonyl (C=O) groups excluding carboxylic acids is 1. The predicted molar refractivity (Wildman–Crippen MR) is 94.4 cm³/mol. The maximum atomic E-state index is 12.1. The molecule has 0 bridgehead atoms. The number of nitrogens with one attached hydrogen (secondary N) is 2. The fourth-order valence-corrected chi connectivity index (χ4v) is 2.80. The molecule has 1 saturated heterocycles. The Morgan fingerprint density at radius 2 is 2.08 bits per heavy atom. The zero-order valence-electron chi connectivity index (χ0n) is 14.2. The van der Waals surface area contributed by atoms with E-state index >= 15 is 0 Å². The minimum Gasteiger partial charge on any atom is -0.376 e. The number of hydrogen-bond acceptors (Lipinski definition) is 3.